The number of nitrogens with zero attached hydrogens (tertiary/aromatic N) is 4. The monoisotopic (exact) mass is 386 g/mol. The molecule has 0 saturated heterocycles. The lowest BCUT2D eigenvalue weighted by Gasteiger charge is -1.99. The lowest BCUT2D eigenvalue weighted by atomic mass is 10.3. The van der Waals surface area contributed by atoms with Crippen molar-refractivity contribution in [2.24, 2.45) is 0 Å². The largest absolute Gasteiger partial charge is 0.471 e. The van der Waals surface area contributed by atoms with Gasteiger partial charge in [-0.15, -0.1) is 11.3 Å². The van der Waals surface area contributed by atoms with Crippen LogP contribution in [0.3, 0.4) is 0 Å². The van der Waals surface area contributed by atoms with Crippen LogP contribution in [-0.4, -0.2) is 32.5 Å². The van der Waals surface area contributed by atoms with E-state index in [0.717, 1.165) is 11.3 Å². The van der Waals surface area contributed by atoms with E-state index in [4.69, 9.17) is 4.74 Å². The zero-order valence-electron chi connectivity index (χ0n) is 13.5. The molecule has 0 bridgehead atoms. The second-order valence-electron chi connectivity index (χ2n) is 5.25. The van der Waals surface area contributed by atoms with Crippen LogP contribution in [0.4, 0.5) is 13.2 Å². The second kappa shape index (κ2) is 7.28. The van der Waals surface area contributed by atoms with E-state index in [1.807, 2.05) is 6.92 Å². The number of rotatable bonds is 6. The number of esters is 1. The Morgan fingerprint density at radius 2 is 2.19 bits per heavy atom. The fraction of sp³-hybridized carbons (Fsp3) is 0.333. The molecular formula is C15H13F3N4O3S. The summed E-state index contributed by atoms with van der Waals surface area (Å²) in [5.74, 6) is -1.96. The molecule has 3 aromatic rings. The highest BCUT2D eigenvalue weighted by atomic mass is 32.1. The molecule has 0 aliphatic carbocycles. The van der Waals surface area contributed by atoms with E-state index in [1.165, 1.54) is 22.2 Å². The molecule has 11 heteroatoms. The normalized spacial score (nSPS) is 11.7. The molecule has 0 fully saturated rings. The van der Waals surface area contributed by atoms with Gasteiger partial charge in [-0.2, -0.15) is 23.3 Å². The fourth-order valence-electron chi connectivity index (χ4n) is 2.01. The average Bonchev–Trinajstić information content (AvgIpc) is 3.31. The number of ether oxygens (including phenoxy) is 1. The van der Waals surface area contributed by atoms with E-state index < -0.39 is 18.0 Å². The van der Waals surface area contributed by atoms with Crippen LogP contribution in [0.1, 0.15) is 34.5 Å². The molecule has 0 saturated carbocycles. The number of carbonyl (C=O) groups excluding carboxylic acids is 1. The molecule has 0 radical (unpaired) electrons. The predicted molar refractivity (Wildman–Crippen MR) is 84.5 cm³/mol. The number of hydrogen-bond donors (Lipinski definition) is 0. The molecule has 0 N–H and O–H groups in total. The predicted octanol–water partition coefficient (Wildman–Crippen LogP) is 3.63. The Morgan fingerprint density at radius 1 is 1.38 bits per heavy atom. The summed E-state index contributed by atoms with van der Waals surface area (Å²) in [4.78, 5) is 16.3. The SMILES string of the molecule is CCCOC(=O)c1cnn(Cc2ccc(-c3noc(C(F)(F)F)n3)s2)c1. The van der Waals surface area contributed by atoms with Crippen LogP contribution in [0.2, 0.25) is 0 Å². The highest BCUT2D eigenvalue weighted by Gasteiger charge is 2.38. The first-order valence-electron chi connectivity index (χ1n) is 7.56. The van der Waals surface area contributed by atoms with E-state index in [9.17, 15) is 18.0 Å². The topological polar surface area (TPSA) is 83.0 Å². The standard InChI is InChI=1S/C15H13F3N4O3S/c1-2-5-24-13(23)9-6-19-22(7-9)8-10-3-4-11(26-10)12-20-14(25-21-12)15(16,17)18/h3-4,6-7H,2,5,8H2,1H3. The first kappa shape index (κ1) is 18.1. The molecule has 7 nitrogen and oxygen atoms in total. The van der Waals surface area contributed by atoms with Crippen molar-refractivity contribution in [3.05, 3.63) is 40.9 Å². The Morgan fingerprint density at radius 3 is 2.88 bits per heavy atom. The molecule has 3 aromatic heterocycles. The molecule has 0 amide bonds. The number of carbonyl (C=O) groups is 1. The first-order valence-corrected chi connectivity index (χ1v) is 8.38. The van der Waals surface area contributed by atoms with Crippen molar-refractivity contribution in [2.45, 2.75) is 26.1 Å². The quantitative estimate of drug-likeness (QED) is 0.602. The van der Waals surface area contributed by atoms with Gasteiger partial charge in [0.15, 0.2) is 0 Å². The van der Waals surface area contributed by atoms with Crippen LogP contribution in [-0.2, 0) is 17.5 Å². The smallest absolute Gasteiger partial charge is 0.462 e. The number of hydrogen-bond acceptors (Lipinski definition) is 7. The van der Waals surface area contributed by atoms with Gasteiger partial charge in [0.05, 0.1) is 29.8 Å². The summed E-state index contributed by atoms with van der Waals surface area (Å²) >= 11 is 1.21. The summed E-state index contributed by atoms with van der Waals surface area (Å²) in [5, 5.41) is 7.43. The maximum Gasteiger partial charge on any atom is 0.471 e. The lowest BCUT2D eigenvalue weighted by Crippen LogP contribution is -2.05. The van der Waals surface area contributed by atoms with Crippen LogP contribution in [0, 0.1) is 0 Å². The fourth-order valence-corrected chi connectivity index (χ4v) is 2.94. The van der Waals surface area contributed by atoms with Crippen molar-refractivity contribution >= 4 is 17.3 Å². The molecule has 0 atom stereocenters. The van der Waals surface area contributed by atoms with Gasteiger partial charge in [0.2, 0.25) is 5.82 Å². The van der Waals surface area contributed by atoms with Gasteiger partial charge in [-0.3, -0.25) is 4.68 Å². The van der Waals surface area contributed by atoms with E-state index >= 15 is 0 Å². The Balaban J connectivity index is 1.68. The van der Waals surface area contributed by atoms with E-state index in [2.05, 4.69) is 19.8 Å². The van der Waals surface area contributed by atoms with E-state index in [1.54, 1.807) is 18.3 Å². The summed E-state index contributed by atoms with van der Waals surface area (Å²) in [6.45, 7) is 2.57. The Labute approximate surface area is 149 Å². The number of halogens is 3. The Bertz CT molecular complexity index is 900. The molecule has 0 spiro atoms. The molecule has 3 heterocycles. The minimum absolute atomic E-state index is 0.127. The summed E-state index contributed by atoms with van der Waals surface area (Å²) < 4.78 is 48.3. The van der Waals surface area contributed by atoms with Gasteiger partial charge in [0.1, 0.15) is 0 Å². The van der Waals surface area contributed by atoms with E-state index in [0.29, 0.717) is 23.6 Å². The van der Waals surface area contributed by atoms with Gasteiger partial charge in [0, 0.05) is 11.1 Å². The van der Waals surface area contributed by atoms with Crippen molar-refractivity contribution in [3.8, 4) is 10.7 Å². The van der Waals surface area contributed by atoms with Crippen molar-refractivity contribution < 1.29 is 27.2 Å². The third kappa shape index (κ3) is 4.10. The molecule has 3 rings (SSSR count). The number of aromatic nitrogens is 4. The lowest BCUT2D eigenvalue weighted by molar-refractivity contribution is -0.159. The Hall–Kier alpha value is -2.69. The van der Waals surface area contributed by atoms with Crippen LogP contribution in [0.15, 0.2) is 29.0 Å². The third-order valence-electron chi connectivity index (χ3n) is 3.17. The molecule has 138 valence electrons. The maximum absolute atomic E-state index is 12.5. The van der Waals surface area contributed by atoms with Crippen LogP contribution in [0.25, 0.3) is 10.7 Å². The van der Waals surface area contributed by atoms with E-state index in [-0.39, 0.29) is 5.82 Å². The highest BCUT2D eigenvalue weighted by molar-refractivity contribution is 7.15. The highest BCUT2D eigenvalue weighted by Crippen LogP contribution is 2.31. The van der Waals surface area contributed by atoms with Crippen molar-refractivity contribution in [1.29, 1.82) is 0 Å². The zero-order chi connectivity index (χ0) is 18.7. The third-order valence-corrected chi connectivity index (χ3v) is 4.24. The number of thiophene rings is 1. The van der Waals surface area contributed by atoms with Gasteiger partial charge in [0.25, 0.3) is 0 Å². The van der Waals surface area contributed by atoms with Gasteiger partial charge in [-0.1, -0.05) is 12.1 Å². The average molecular weight is 386 g/mol. The van der Waals surface area contributed by atoms with Crippen LogP contribution in [0.5, 0.6) is 0 Å². The summed E-state index contributed by atoms with van der Waals surface area (Å²) in [6, 6.07) is 3.32. The molecule has 0 unspecified atom stereocenters. The molecule has 26 heavy (non-hydrogen) atoms. The van der Waals surface area contributed by atoms with Crippen molar-refractivity contribution in [2.75, 3.05) is 6.61 Å². The molecular weight excluding hydrogens is 373 g/mol. The molecule has 0 aliphatic rings. The van der Waals surface area contributed by atoms with Crippen LogP contribution < -0.4 is 0 Å². The van der Waals surface area contributed by atoms with Gasteiger partial charge in [-0.05, 0) is 18.6 Å². The summed E-state index contributed by atoms with van der Waals surface area (Å²) in [5.41, 5.74) is 0.336. The minimum atomic E-state index is -4.68. The maximum atomic E-state index is 12.5. The first-order chi connectivity index (χ1) is 12.4. The van der Waals surface area contributed by atoms with Gasteiger partial charge < -0.3 is 9.26 Å². The summed E-state index contributed by atoms with van der Waals surface area (Å²) in [7, 11) is 0. The molecule has 0 aromatic carbocycles. The molecule has 0 aliphatic heterocycles. The van der Waals surface area contributed by atoms with Crippen molar-refractivity contribution in [3.63, 3.8) is 0 Å². The zero-order valence-corrected chi connectivity index (χ0v) is 14.3. The second-order valence-corrected chi connectivity index (χ2v) is 6.42. The van der Waals surface area contributed by atoms with Crippen LogP contribution >= 0.6 is 11.3 Å². The van der Waals surface area contributed by atoms with Crippen molar-refractivity contribution in [1.82, 2.24) is 19.9 Å². The number of alkyl halides is 3. The Kier molecular flexibility index (Phi) is 5.07. The van der Waals surface area contributed by atoms with Gasteiger partial charge in [-0.25, -0.2) is 4.79 Å². The minimum Gasteiger partial charge on any atom is -0.462 e. The van der Waals surface area contributed by atoms with Gasteiger partial charge >= 0.3 is 18.0 Å². The summed E-state index contributed by atoms with van der Waals surface area (Å²) in [6.07, 6.45) is -0.998.